The first-order chi connectivity index (χ1) is 23.5. The van der Waals surface area contributed by atoms with Gasteiger partial charge in [-0.3, -0.25) is 9.59 Å². The maximum Gasteiger partial charge on any atom is 0.490 e. The molecule has 2 heterocycles. The second-order valence-electron chi connectivity index (χ2n) is 11.1. The van der Waals surface area contributed by atoms with E-state index < -0.39 is 51.9 Å². The molecule has 0 aliphatic carbocycles. The van der Waals surface area contributed by atoms with Crippen LogP contribution in [-0.2, 0) is 24.2 Å². The highest BCUT2D eigenvalue weighted by molar-refractivity contribution is 7.91. The fourth-order valence-electron chi connectivity index (χ4n) is 5.61. The molecule has 1 aromatic heterocycles. The van der Waals surface area contributed by atoms with Crippen molar-refractivity contribution >= 4 is 61.6 Å². The Kier molecular flexibility index (Phi) is 11.5. The zero-order chi connectivity index (χ0) is 37.0. The molecule has 4 aromatic rings. The number of aliphatic carboxylic acids is 2. The average molecular weight is 737 g/mol. The molecular weight excluding hydrogens is 705 g/mol. The molecule has 266 valence electrons. The SMILES string of the molecule is CCS(=O)(=O)c1ccccc1C1C(C(=O)O)CCN1C(=O)[C@H](Nc1ccc2c(N)nccc2c1)c1ccc(Cl)c(OC)c1.O=C(O)C(F)(F)F. The number of aromatic nitrogens is 1. The number of halogens is 4. The third-order valence-electron chi connectivity index (χ3n) is 8.06. The maximum atomic E-state index is 14.6. The number of hydrogen-bond acceptors (Lipinski definition) is 9. The van der Waals surface area contributed by atoms with Crippen molar-refractivity contribution in [1.29, 1.82) is 0 Å². The number of rotatable bonds is 9. The van der Waals surface area contributed by atoms with Gasteiger partial charge in [-0.1, -0.05) is 42.8 Å². The average Bonchev–Trinajstić information content (AvgIpc) is 3.53. The molecule has 1 aliphatic heterocycles. The number of benzene rings is 3. The zero-order valence-electron chi connectivity index (χ0n) is 26.5. The second kappa shape index (κ2) is 15.2. The van der Waals surface area contributed by atoms with Gasteiger partial charge in [0.05, 0.1) is 34.7 Å². The number of likely N-dealkylation sites (tertiary alicyclic amines) is 1. The highest BCUT2D eigenvalue weighted by atomic mass is 35.5. The minimum atomic E-state index is -5.08. The number of ether oxygens (including phenoxy) is 1. The summed E-state index contributed by atoms with van der Waals surface area (Å²) in [5.41, 5.74) is 7.43. The molecule has 0 bridgehead atoms. The van der Waals surface area contributed by atoms with Crippen molar-refractivity contribution in [3.8, 4) is 5.75 Å². The number of nitrogens with one attached hydrogen (secondary N) is 1. The molecule has 1 aliphatic rings. The van der Waals surface area contributed by atoms with Crippen LogP contribution in [0.15, 0.2) is 77.8 Å². The van der Waals surface area contributed by atoms with Crippen LogP contribution in [0.3, 0.4) is 0 Å². The predicted molar refractivity (Wildman–Crippen MR) is 179 cm³/mol. The molecule has 0 spiro atoms. The van der Waals surface area contributed by atoms with E-state index in [1.165, 1.54) is 25.0 Å². The van der Waals surface area contributed by atoms with Crippen LogP contribution < -0.4 is 15.8 Å². The normalized spacial score (nSPS) is 16.6. The van der Waals surface area contributed by atoms with E-state index in [0.717, 1.165) is 10.8 Å². The van der Waals surface area contributed by atoms with Gasteiger partial charge in [0, 0.05) is 23.8 Å². The van der Waals surface area contributed by atoms with Gasteiger partial charge in [-0.25, -0.2) is 18.2 Å². The molecule has 12 nitrogen and oxygen atoms in total. The Balaban J connectivity index is 0.000000727. The van der Waals surface area contributed by atoms with E-state index in [2.05, 4.69) is 10.3 Å². The van der Waals surface area contributed by atoms with Crippen LogP contribution in [0.1, 0.15) is 36.6 Å². The molecule has 1 fully saturated rings. The van der Waals surface area contributed by atoms with Crippen LogP contribution in [0.4, 0.5) is 24.7 Å². The highest BCUT2D eigenvalue weighted by Crippen LogP contribution is 2.43. The molecular formula is C33H32ClF3N4O8S. The van der Waals surface area contributed by atoms with Gasteiger partial charge in [0.2, 0.25) is 5.91 Å². The molecule has 17 heteroatoms. The minimum Gasteiger partial charge on any atom is -0.495 e. The van der Waals surface area contributed by atoms with E-state index in [9.17, 15) is 36.3 Å². The Morgan fingerprint density at radius 1 is 1.10 bits per heavy atom. The van der Waals surface area contributed by atoms with Crippen molar-refractivity contribution < 1.29 is 50.9 Å². The van der Waals surface area contributed by atoms with Crippen LogP contribution >= 0.6 is 11.6 Å². The lowest BCUT2D eigenvalue weighted by Crippen LogP contribution is -2.39. The summed E-state index contributed by atoms with van der Waals surface area (Å²) in [5.74, 6) is -4.74. The summed E-state index contributed by atoms with van der Waals surface area (Å²) in [6.45, 7) is 1.64. The summed E-state index contributed by atoms with van der Waals surface area (Å²) in [6, 6.07) is 16.5. The quantitative estimate of drug-likeness (QED) is 0.164. The number of methoxy groups -OCH3 is 1. The van der Waals surface area contributed by atoms with Gasteiger partial charge in [-0.15, -0.1) is 0 Å². The first-order valence-electron chi connectivity index (χ1n) is 14.9. The van der Waals surface area contributed by atoms with Gasteiger partial charge in [-0.05, 0) is 65.4 Å². The Hall–Kier alpha value is -5.09. The fraction of sp³-hybridized carbons (Fsp3) is 0.273. The molecule has 50 heavy (non-hydrogen) atoms. The molecule has 3 atom stereocenters. The molecule has 5 rings (SSSR count). The van der Waals surface area contributed by atoms with E-state index >= 15 is 0 Å². The number of nitrogens with two attached hydrogens (primary N) is 1. The smallest absolute Gasteiger partial charge is 0.490 e. The lowest BCUT2D eigenvalue weighted by Gasteiger charge is -2.32. The summed E-state index contributed by atoms with van der Waals surface area (Å²) >= 11 is 6.30. The van der Waals surface area contributed by atoms with Gasteiger partial charge in [0.1, 0.15) is 17.6 Å². The third-order valence-corrected chi connectivity index (χ3v) is 10.2. The second-order valence-corrected chi connectivity index (χ2v) is 13.7. The topological polar surface area (TPSA) is 189 Å². The number of carbonyl (C=O) groups excluding carboxylic acids is 1. The lowest BCUT2D eigenvalue weighted by molar-refractivity contribution is -0.192. The van der Waals surface area contributed by atoms with Gasteiger partial charge >= 0.3 is 18.1 Å². The number of amides is 1. The van der Waals surface area contributed by atoms with E-state index in [1.54, 1.807) is 60.8 Å². The number of carboxylic acid groups (broad SMARTS) is 2. The molecule has 0 radical (unpaired) electrons. The van der Waals surface area contributed by atoms with Crippen molar-refractivity contribution in [2.45, 2.75) is 36.5 Å². The number of hydrogen-bond donors (Lipinski definition) is 4. The molecule has 1 amide bonds. The number of fused-ring (bicyclic) bond motifs is 1. The number of carboxylic acids is 2. The van der Waals surface area contributed by atoms with Crippen LogP contribution in [-0.4, -0.2) is 71.9 Å². The number of nitrogen functional groups attached to an aromatic ring is 1. The summed E-state index contributed by atoms with van der Waals surface area (Å²) in [4.78, 5) is 41.5. The molecule has 3 aromatic carbocycles. The van der Waals surface area contributed by atoms with Crippen molar-refractivity contribution in [3.63, 3.8) is 0 Å². The van der Waals surface area contributed by atoms with Gasteiger partial charge < -0.3 is 30.9 Å². The first-order valence-corrected chi connectivity index (χ1v) is 16.9. The van der Waals surface area contributed by atoms with Gasteiger partial charge in [0.15, 0.2) is 9.84 Å². The summed E-state index contributed by atoms with van der Waals surface area (Å²) < 4.78 is 63.3. The number of carbonyl (C=O) groups is 3. The number of nitrogens with zero attached hydrogens (tertiary/aromatic N) is 2. The Bertz CT molecular complexity index is 2030. The van der Waals surface area contributed by atoms with E-state index in [1.807, 2.05) is 6.07 Å². The minimum absolute atomic E-state index is 0.0202. The monoisotopic (exact) mass is 736 g/mol. The molecule has 0 saturated carbocycles. The van der Waals surface area contributed by atoms with E-state index in [0.29, 0.717) is 27.8 Å². The molecule has 5 N–H and O–H groups in total. The van der Waals surface area contributed by atoms with Crippen molar-refractivity contribution in [2.75, 3.05) is 30.5 Å². The number of alkyl halides is 3. The largest absolute Gasteiger partial charge is 0.495 e. The Labute approximate surface area is 289 Å². The highest BCUT2D eigenvalue weighted by Gasteiger charge is 2.45. The number of pyridine rings is 1. The first kappa shape index (κ1) is 37.7. The summed E-state index contributed by atoms with van der Waals surface area (Å²) in [6.07, 6.45) is -3.33. The Morgan fingerprint density at radius 2 is 1.78 bits per heavy atom. The zero-order valence-corrected chi connectivity index (χ0v) is 28.1. The molecule has 1 saturated heterocycles. The molecule has 2 unspecified atom stereocenters. The maximum absolute atomic E-state index is 14.6. The lowest BCUT2D eigenvalue weighted by atomic mass is 9.93. The van der Waals surface area contributed by atoms with Crippen molar-refractivity contribution in [1.82, 2.24) is 9.88 Å². The van der Waals surface area contributed by atoms with Crippen molar-refractivity contribution in [3.05, 3.63) is 89.1 Å². The summed E-state index contributed by atoms with van der Waals surface area (Å²) in [5, 5.41) is 22.5. The van der Waals surface area contributed by atoms with Crippen LogP contribution in [0, 0.1) is 5.92 Å². The fourth-order valence-corrected chi connectivity index (χ4v) is 6.95. The van der Waals surface area contributed by atoms with E-state index in [4.69, 9.17) is 32.0 Å². The standard InChI is InChI=1S/C31H31ClN4O6S.C2HF3O2/c1-3-43(40,41)26-7-5-4-6-22(26)28-23(31(38)39)13-15-36(28)30(37)27(19-8-11-24(32)25(17-19)42-2)35-20-9-10-21-18(16-20)12-14-34-29(21)33;3-2(4,5)1(6)7/h4-12,14,16-17,23,27-28,35H,3,13,15H2,1-2H3,(H2,33,34)(H,38,39);(H,6,7)/t23?,27-,28?;/m1./s1. The van der Waals surface area contributed by atoms with Gasteiger partial charge in [-0.2, -0.15) is 13.2 Å². The van der Waals surface area contributed by atoms with E-state index in [-0.39, 0.29) is 29.2 Å². The third kappa shape index (κ3) is 8.19. The van der Waals surface area contributed by atoms with Crippen LogP contribution in [0.5, 0.6) is 5.75 Å². The van der Waals surface area contributed by atoms with Crippen LogP contribution in [0.25, 0.3) is 10.8 Å². The van der Waals surface area contributed by atoms with Gasteiger partial charge in [0.25, 0.3) is 0 Å². The van der Waals surface area contributed by atoms with Crippen LogP contribution in [0.2, 0.25) is 5.02 Å². The predicted octanol–water partition coefficient (Wildman–Crippen LogP) is 5.73. The Morgan fingerprint density at radius 3 is 2.40 bits per heavy atom. The number of anilines is 2. The van der Waals surface area contributed by atoms with Crippen molar-refractivity contribution in [2.24, 2.45) is 5.92 Å². The summed E-state index contributed by atoms with van der Waals surface area (Å²) in [7, 11) is -2.25. The number of sulfone groups is 1.